The average Bonchev–Trinajstić information content (AvgIpc) is 2.25. The van der Waals surface area contributed by atoms with Crippen LogP contribution in [0.2, 0.25) is 0 Å². The Kier molecular flexibility index (Phi) is 11.0. The van der Waals surface area contributed by atoms with Gasteiger partial charge in [-0.25, -0.2) is 0 Å². The zero-order valence-corrected chi connectivity index (χ0v) is 14.7. The molecule has 0 unspecified atom stereocenters. The van der Waals surface area contributed by atoms with Gasteiger partial charge in [0.1, 0.15) is 0 Å². The molecule has 0 aromatic carbocycles. The molecule has 110 valence electrons. The molecule has 0 fully saturated rings. The van der Waals surface area contributed by atoms with E-state index in [-0.39, 0.29) is 0 Å². The van der Waals surface area contributed by atoms with Gasteiger partial charge < -0.3 is 0 Å². The molecule has 0 rings (SSSR count). The summed E-state index contributed by atoms with van der Waals surface area (Å²) < 4.78 is -2.89. The van der Waals surface area contributed by atoms with Crippen molar-refractivity contribution in [2.75, 3.05) is 0 Å². The zero-order chi connectivity index (χ0) is 14.1. The molecule has 0 atom stereocenters. The van der Waals surface area contributed by atoms with Crippen molar-refractivity contribution in [3.63, 3.8) is 0 Å². The molecule has 0 aromatic rings. The van der Waals surface area contributed by atoms with E-state index in [1.54, 1.807) is 0 Å². The number of halogens is 5. The Balaban J connectivity index is 3.41. The summed E-state index contributed by atoms with van der Waals surface area (Å²) in [6.07, 6.45) is 11.7. The van der Waals surface area contributed by atoms with Gasteiger partial charge in [-0.15, -0.1) is 0 Å². The van der Waals surface area contributed by atoms with Crippen LogP contribution in [-0.2, 0) is 0 Å². The van der Waals surface area contributed by atoms with Crippen molar-refractivity contribution in [2.24, 2.45) is 0 Å². The van der Waals surface area contributed by atoms with E-state index in [0.29, 0.717) is 6.42 Å². The maximum absolute atomic E-state index is 5.98. The highest BCUT2D eigenvalue weighted by molar-refractivity contribution is 6.75. The van der Waals surface area contributed by atoms with E-state index in [2.05, 4.69) is 6.92 Å². The van der Waals surface area contributed by atoms with Crippen LogP contribution in [0, 0.1) is 0 Å². The number of hydrogen-bond acceptors (Lipinski definition) is 0. The Hall–Kier alpha value is 1.45. The smallest absolute Gasteiger partial charge is 0.0969 e. The molecule has 0 saturated heterocycles. The van der Waals surface area contributed by atoms with Gasteiger partial charge in [-0.2, -0.15) is 0 Å². The van der Waals surface area contributed by atoms with Crippen LogP contribution in [0.15, 0.2) is 0 Å². The second-order valence-corrected chi connectivity index (χ2v) is 8.55. The quantitative estimate of drug-likeness (QED) is 0.281. The van der Waals surface area contributed by atoms with Crippen molar-refractivity contribution in [1.82, 2.24) is 0 Å². The van der Waals surface area contributed by atoms with E-state index in [0.717, 1.165) is 12.8 Å². The van der Waals surface area contributed by atoms with Crippen molar-refractivity contribution >= 4 is 58.0 Å². The molecular weight excluding hydrogens is 333 g/mol. The number of alkyl halides is 5. The molecule has 0 N–H and O–H groups in total. The number of hydrogen-bond donors (Lipinski definition) is 0. The molecule has 0 spiro atoms. The summed E-state index contributed by atoms with van der Waals surface area (Å²) in [4.78, 5) is 0. The van der Waals surface area contributed by atoms with E-state index in [4.69, 9.17) is 58.0 Å². The van der Waals surface area contributed by atoms with Gasteiger partial charge in [-0.05, 0) is 6.42 Å². The largest absolute Gasteiger partial charge is 0.223 e. The third-order valence-corrected chi connectivity index (χ3v) is 5.50. The van der Waals surface area contributed by atoms with Crippen LogP contribution in [0.3, 0.4) is 0 Å². The van der Waals surface area contributed by atoms with Gasteiger partial charge in [0, 0.05) is 0 Å². The molecule has 0 saturated carbocycles. The molecule has 0 radical (unpaired) electrons. The predicted octanol–water partition coefficient (Wildman–Crippen LogP) is 7.45. The third-order valence-electron chi connectivity index (χ3n) is 3.01. The van der Waals surface area contributed by atoms with Gasteiger partial charge in [-0.1, -0.05) is 123 Å². The highest BCUT2D eigenvalue weighted by Gasteiger charge is 2.44. The number of rotatable bonds is 10. The Morgan fingerprint density at radius 3 is 1.39 bits per heavy atom. The van der Waals surface area contributed by atoms with Gasteiger partial charge in [0.25, 0.3) is 0 Å². The topological polar surface area (TPSA) is 0 Å². The summed E-state index contributed by atoms with van der Waals surface area (Å²) in [6, 6.07) is 0. The lowest BCUT2D eigenvalue weighted by atomic mass is 10.1. The second-order valence-electron chi connectivity index (χ2n) is 4.78. The summed E-state index contributed by atoms with van der Waals surface area (Å²) in [5.74, 6) is 0. The molecule has 0 aliphatic rings. The van der Waals surface area contributed by atoms with E-state index < -0.39 is 8.13 Å². The Labute approximate surface area is 137 Å². The lowest BCUT2D eigenvalue weighted by Crippen LogP contribution is -2.30. The normalized spacial score (nSPS) is 13.0. The van der Waals surface area contributed by atoms with Crippen molar-refractivity contribution in [2.45, 2.75) is 79.3 Å². The Morgan fingerprint density at radius 2 is 1.00 bits per heavy atom. The maximum atomic E-state index is 5.98. The fourth-order valence-corrected chi connectivity index (χ4v) is 2.35. The van der Waals surface area contributed by atoms with E-state index in [1.807, 2.05) is 0 Å². The lowest BCUT2D eigenvalue weighted by Gasteiger charge is -2.27. The maximum Gasteiger partial charge on any atom is 0.223 e. The Morgan fingerprint density at radius 1 is 0.611 bits per heavy atom. The highest BCUT2D eigenvalue weighted by atomic mass is 35.6. The third kappa shape index (κ3) is 9.37. The minimum absolute atomic E-state index is 0.516. The Bertz CT molecular complexity index is 198. The molecule has 0 aliphatic heterocycles. The SMILES string of the molecule is CCCCCCCCCCCC(Cl)(Cl)C(Cl)(Cl)Cl. The van der Waals surface area contributed by atoms with E-state index in [9.17, 15) is 0 Å². The lowest BCUT2D eigenvalue weighted by molar-refractivity contribution is 0.544. The first-order chi connectivity index (χ1) is 8.31. The molecule has 0 aliphatic carbocycles. The highest BCUT2D eigenvalue weighted by Crippen LogP contribution is 2.48. The molecule has 0 nitrogen and oxygen atoms in total. The molecule has 0 heterocycles. The fraction of sp³-hybridized carbons (Fsp3) is 1.00. The first-order valence-electron chi connectivity index (χ1n) is 6.76. The molecule has 18 heavy (non-hydrogen) atoms. The van der Waals surface area contributed by atoms with Crippen molar-refractivity contribution in [3.8, 4) is 0 Å². The van der Waals surface area contributed by atoms with Crippen LogP contribution >= 0.6 is 58.0 Å². The van der Waals surface area contributed by atoms with Crippen molar-refractivity contribution < 1.29 is 0 Å². The van der Waals surface area contributed by atoms with Gasteiger partial charge in [0.05, 0.1) is 0 Å². The molecule has 0 bridgehead atoms. The summed E-state index contributed by atoms with van der Waals surface area (Å²) in [5.41, 5.74) is 0. The zero-order valence-electron chi connectivity index (χ0n) is 11.0. The van der Waals surface area contributed by atoms with Crippen molar-refractivity contribution in [3.05, 3.63) is 0 Å². The predicted molar refractivity (Wildman–Crippen MR) is 86.6 cm³/mol. The van der Waals surface area contributed by atoms with Gasteiger partial charge >= 0.3 is 0 Å². The van der Waals surface area contributed by atoms with Crippen LogP contribution in [0.5, 0.6) is 0 Å². The van der Waals surface area contributed by atoms with Crippen LogP contribution in [0.25, 0.3) is 0 Å². The first kappa shape index (κ1) is 19.4. The molecule has 0 aromatic heterocycles. The first-order valence-corrected chi connectivity index (χ1v) is 8.65. The minimum atomic E-state index is -1.61. The minimum Gasteiger partial charge on any atom is -0.0969 e. The van der Waals surface area contributed by atoms with Crippen LogP contribution < -0.4 is 0 Å². The average molecular weight is 357 g/mol. The summed E-state index contributed by atoms with van der Waals surface area (Å²) >= 11 is 29.1. The van der Waals surface area contributed by atoms with Gasteiger partial charge in [-0.3, -0.25) is 0 Å². The molecular formula is C13H23Cl5. The summed E-state index contributed by atoms with van der Waals surface area (Å²) in [7, 11) is 0. The van der Waals surface area contributed by atoms with E-state index in [1.165, 1.54) is 44.9 Å². The molecule has 5 heteroatoms. The van der Waals surface area contributed by atoms with Crippen LogP contribution in [0.4, 0.5) is 0 Å². The van der Waals surface area contributed by atoms with Crippen LogP contribution in [0.1, 0.15) is 71.1 Å². The fourth-order valence-electron chi connectivity index (χ4n) is 1.80. The second kappa shape index (κ2) is 10.2. The monoisotopic (exact) mass is 354 g/mol. The standard InChI is InChI=1S/C13H23Cl5/c1-2-3-4-5-6-7-8-9-10-11-12(14,15)13(16,17)18/h2-11H2,1H3. The van der Waals surface area contributed by atoms with Crippen LogP contribution in [-0.4, -0.2) is 8.13 Å². The summed E-state index contributed by atoms with van der Waals surface area (Å²) in [5, 5.41) is 0. The summed E-state index contributed by atoms with van der Waals surface area (Å²) in [6.45, 7) is 2.23. The van der Waals surface area contributed by atoms with Gasteiger partial charge in [0.15, 0.2) is 4.33 Å². The number of unbranched alkanes of at least 4 members (excludes halogenated alkanes) is 8. The van der Waals surface area contributed by atoms with E-state index >= 15 is 0 Å². The van der Waals surface area contributed by atoms with Gasteiger partial charge in [0.2, 0.25) is 3.79 Å². The van der Waals surface area contributed by atoms with Crippen molar-refractivity contribution in [1.29, 1.82) is 0 Å². The molecule has 0 amide bonds.